The molecule has 8 atom stereocenters. The zero-order valence-electron chi connectivity index (χ0n) is 30.7. The van der Waals surface area contributed by atoms with Crippen LogP contribution in [0.25, 0.3) is 10.8 Å². The second kappa shape index (κ2) is 13.6. The topological polar surface area (TPSA) is 0 Å². The fourth-order valence-electron chi connectivity index (χ4n) is 13.3. The van der Waals surface area contributed by atoms with Crippen molar-refractivity contribution in [3.05, 3.63) is 117 Å². The molecule has 0 nitrogen and oxygen atoms in total. The molecule has 0 heterocycles. The van der Waals surface area contributed by atoms with Gasteiger partial charge in [-0.3, -0.25) is 0 Å². The minimum absolute atomic E-state index is 0.701. The van der Waals surface area contributed by atoms with Crippen LogP contribution in [-0.4, -0.2) is 0 Å². The fraction of sp³-hybridized carbons (Fsp3) is 0.560. The lowest BCUT2D eigenvalue weighted by atomic mass is 9.61. The lowest BCUT2D eigenvalue weighted by molar-refractivity contribution is 0.218. The molecule has 10 rings (SSSR count). The zero-order valence-corrected chi connectivity index (χ0v) is 30.7. The summed E-state index contributed by atoms with van der Waals surface area (Å²) in [5, 5.41) is 3.49. The molecule has 0 heteroatoms. The molecule has 4 fully saturated rings. The quantitative estimate of drug-likeness (QED) is 0.204. The molecule has 50 heavy (non-hydrogen) atoms. The van der Waals surface area contributed by atoms with Crippen LogP contribution in [0.3, 0.4) is 0 Å². The molecular weight excluding hydrogens is 601 g/mol. The predicted octanol–water partition coefficient (Wildman–Crippen LogP) is 13.8. The van der Waals surface area contributed by atoms with Gasteiger partial charge in [0.2, 0.25) is 0 Å². The van der Waals surface area contributed by atoms with Crippen LogP contribution in [0.5, 0.6) is 0 Å². The fourth-order valence-corrected chi connectivity index (χ4v) is 13.3. The van der Waals surface area contributed by atoms with E-state index in [0.717, 1.165) is 23.7 Å². The highest BCUT2D eigenvalue weighted by molar-refractivity contribution is 5.94. The van der Waals surface area contributed by atoms with Gasteiger partial charge in [0.25, 0.3) is 0 Å². The van der Waals surface area contributed by atoms with Crippen molar-refractivity contribution in [3.8, 4) is 0 Å². The highest BCUT2D eigenvalue weighted by Gasteiger charge is 2.40. The Bertz CT molecular complexity index is 1810. The molecule has 0 spiro atoms. The van der Waals surface area contributed by atoms with Gasteiger partial charge in [-0.05, 0) is 193 Å². The van der Waals surface area contributed by atoms with Crippen molar-refractivity contribution in [2.75, 3.05) is 0 Å². The second-order valence-corrected chi connectivity index (χ2v) is 18.2. The Morgan fingerprint density at radius 3 is 1.50 bits per heavy atom. The van der Waals surface area contributed by atoms with Gasteiger partial charge in [-0.2, -0.15) is 0 Å². The van der Waals surface area contributed by atoms with E-state index >= 15 is 0 Å². The van der Waals surface area contributed by atoms with Crippen molar-refractivity contribution in [3.63, 3.8) is 0 Å². The van der Waals surface area contributed by atoms with Crippen LogP contribution in [0.15, 0.2) is 72.8 Å². The number of fused-ring (bicyclic) bond motifs is 6. The van der Waals surface area contributed by atoms with Gasteiger partial charge >= 0.3 is 0 Å². The summed E-state index contributed by atoms with van der Waals surface area (Å²) in [7, 11) is 0. The maximum absolute atomic E-state index is 2.91. The van der Waals surface area contributed by atoms with Crippen molar-refractivity contribution in [1.29, 1.82) is 0 Å². The maximum atomic E-state index is 2.91. The minimum Gasteiger partial charge on any atom is -0.0622 e. The zero-order chi connectivity index (χ0) is 33.0. The lowest BCUT2D eigenvalue weighted by Gasteiger charge is -2.43. The third kappa shape index (κ3) is 5.71. The van der Waals surface area contributed by atoms with Crippen molar-refractivity contribution in [2.45, 2.75) is 158 Å². The Morgan fingerprint density at radius 1 is 0.420 bits per heavy atom. The first-order chi connectivity index (χ1) is 24.8. The van der Waals surface area contributed by atoms with Gasteiger partial charge in [0.05, 0.1) is 0 Å². The van der Waals surface area contributed by atoms with Gasteiger partial charge in [-0.15, -0.1) is 0 Å². The van der Waals surface area contributed by atoms with Crippen LogP contribution in [0, 0.1) is 17.8 Å². The monoisotopic (exact) mass is 660 g/mol. The molecule has 0 bridgehead atoms. The third-order valence-electron chi connectivity index (χ3n) is 15.7. The van der Waals surface area contributed by atoms with Crippen LogP contribution < -0.4 is 0 Å². The van der Waals surface area contributed by atoms with Gasteiger partial charge in [-0.25, -0.2) is 0 Å². The summed E-state index contributed by atoms with van der Waals surface area (Å²) in [5.74, 6) is 6.38. The summed E-state index contributed by atoms with van der Waals surface area (Å²) in [6, 6.07) is 29.1. The van der Waals surface area contributed by atoms with E-state index in [1.54, 1.807) is 33.0 Å². The molecule has 4 saturated carbocycles. The van der Waals surface area contributed by atoms with E-state index in [2.05, 4.69) is 72.8 Å². The SMILES string of the molecule is c1ccc(C2CCCC(c3c4c(c(C5CCCC(c6ccccc6)C5)c5cc6c(cc35)CCC3CCCCC63)CC3CCCCC3C4)C2)cc1. The molecule has 260 valence electrons. The molecule has 0 saturated heterocycles. The van der Waals surface area contributed by atoms with Gasteiger partial charge in [0.15, 0.2) is 0 Å². The largest absolute Gasteiger partial charge is 0.0622 e. The first-order valence-corrected chi connectivity index (χ1v) is 21.5. The predicted molar refractivity (Wildman–Crippen MR) is 211 cm³/mol. The standard InChI is InChI=1S/C50H60/c1-3-13-33(14-4-1)36-20-11-22-41(27-36)49-45-29-38-18-7-8-19-39(38)30-46(45)50(42-23-12-21-37(28-42)34-15-5-2-6-16-34)48-32-44-40(31-47(48)49)26-25-35-17-9-10-24-43(35)44/h1-6,13-16,31-32,35-39,41-43H,7-12,17-30H2. The van der Waals surface area contributed by atoms with E-state index in [4.69, 9.17) is 0 Å². The van der Waals surface area contributed by atoms with Gasteiger partial charge in [0.1, 0.15) is 0 Å². The summed E-state index contributed by atoms with van der Waals surface area (Å²) < 4.78 is 0. The Hall–Kier alpha value is -2.86. The Morgan fingerprint density at radius 2 is 0.920 bits per heavy atom. The number of benzene rings is 4. The van der Waals surface area contributed by atoms with E-state index in [1.807, 2.05) is 22.3 Å². The van der Waals surface area contributed by atoms with E-state index in [9.17, 15) is 0 Å². The van der Waals surface area contributed by atoms with Crippen molar-refractivity contribution in [1.82, 2.24) is 0 Å². The van der Waals surface area contributed by atoms with E-state index < -0.39 is 0 Å². The minimum atomic E-state index is 0.701. The molecule has 6 aliphatic rings. The normalized spacial score (nSPS) is 32.4. The molecule has 4 aromatic rings. The summed E-state index contributed by atoms with van der Waals surface area (Å²) in [5.41, 5.74) is 14.3. The van der Waals surface area contributed by atoms with Crippen molar-refractivity contribution >= 4 is 10.8 Å². The van der Waals surface area contributed by atoms with Crippen LogP contribution in [-0.2, 0) is 19.3 Å². The van der Waals surface area contributed by atoms with E-state index in [1.165, 1.54) is 128 Å². The highest BCUT2D eigenvalue weighted by atomic mass is 14.4. The van der Waals surface area contributed by atoms with Crippen LogP contribution >= 0.6 is 0 Å². The molecule has 8 unspecified atom stereocenters. The Balaban J connectivity index is 1.18. The number of hydrogen-bond donors (Lipinski definition) is 0. The Labute approximate surface area is 302 Å². The molecule has 4 aromatic carbocycles. The van der Waals surface area contributed by atoms with Gasteiger partial charge < -0.3 is 0 Å². The number of rotatable bonds is 4. The first kappa shape index (κ1) is 31.8. The molecule has 0 amide bonds. The number of hydrogen-bond acceptors (Lipinski definition) is 0. The van der Waals surface area contributed by atoms with Crippen molar-refractivity contribution in [2.24, 2.45) is 17.8 Å². The average molecular weight is 661 g/mol. The molecule has 6 aliphatic carbocycles. The van der Waals surface area contributed by atoms with Gasteiger partial charge in [-0.1, -0.05) is 111 Å². The summed E-state index contributed by atoms with van der Waals surface area (Å²) >= 11 is 0. The smallest absolute Gasteiger partial charge is 0.0131 e. The second-order valence-electron chi connectivity index (χ2n) is 18.2. The van der Waals surface area contributed by atoms with E-state index in [0.29, 0.717) is 23.7 Å². The summed E-state index contributed by atoms with van der Waals surface area (Å²) in [6.45, 7) is 0. The van der Waals surface area contributed by atoms with Crippen LogP contribution in [0.2, 0.25) is 0 Å². The Kier molecular flexibility index (Phi) is 8.66. The summed E-state index contributed by atoms with van der Waals surface area (Å²) in [6.07, 6.45) is 28.1. The molecule has 0 N–H and O–H groups in total. The first-order valence-electron chi connectivity index (χ1n) is 21.5. The third-order valence-corrected chi connectivity index (χ3v) is 15.7. The highest BCUT2D eigenvalue weighted by Crippen LogP contribution is 2.55. The van der Waals surface area contributed by atoms with Gasteiger partial charge in [0, 0.05) is 0 Å². The lowest BCUT2D eigenvalue weighted by Crippen LogP contribution is -2.32. The summed E-state index contributed by atoms with van der Waals surface area (Å²) in [4.78, 5) is 0. The molecule has 0 aliphatic heterocycles. The van der Waals surface area contributed by atoms with Crippen LogP contribution in [0.1, 0.15) is 183 Å². The molecule has 0 aromatic heterocycles. The molecule has 0 radical (unpaired) electrons. The maximum Gasteiger partial charge on any atom is -0.0131 e. The number of aryl methyl sites for hydroxylation is 1. The van der Waals surface area contributed by atoms with E-state index in [-0.39, 0.29) is 0 Å². The van der Waals surface area contributed by atoms with Crippen molar-refractivity contribution < 1.29 is 0 Å². The van der Waals surface area contributed by atoms with Crippen LogP contribution in [0.4, 0.5) is 0 Å². The average Bonchev–Trinajstić information content (AvgIpc) is 3.19. The molecular formula is C50H60.